The van der Waals surface area contributed by atoms with Gasteiger partial charge in [-0.1, -0.05) is 36.4 Å². The Kier molecular flexibility index (Phi) is 4.37. The molecule has 29 heavy (non-hydrogen) atoms. The largest absolute Gasteiger partial charge is 0.377 e. The molecule has 5 rings (SSSR count). The fraction of sp³-hybridized carbons (Fsp3) is 0.348. The van der Waals surface area contributed by atoms with E-state index in [4.69, 9.17) is 4.74 Å². The normalized spacial score (nSPS) is 28.4. The SMILES string of the molecule is CO[C@H]1C=C2c3ccccc3N(S(=O)(=O)c3ccccc3)[C@H]2[C@H]2C(=O)CCC[C@H]21. The van der Waals surface area contributed by atoms with Crippen LogP contribution in [0.15, 0.2) is 65.6 Å². The van der Waals surface area contributed by atoms with Gasteiger partial charge in [-0.25, -0.2) is 8.42 Å². The second-order valence-electron chi connectivity index (χ2n) is 7.95. The van der Waals surface area contributed by atoms with Crippen molar-refractivity contribution in [1.82, 2.24) is 0 Å². The van der Waals surface area contributed by atoms with Crippen LogP contribution in [0.1, 0.15) is 24.8 Å². The molecule has 0 unspecified atom stereocenters. The van der Waals surface area contributed by atoms with Gasteiger partial charge in [-0.3, -0.25) is 9.10 Å². The molecule has 2 aliphatic carbocycles. The lowest BCUT2D eigenvalue weighted by Crippen LogP contribution is -2.53. The molecule has 150 valence electrons. The summed E-state index contributed by atoms with van der Waals surface area (Å²) in [5.41, 5.74) is 2.40. The van der Waals surface area contributed by atoms with Gasteiger partial charge in [0.15, 0.2) is 0 Å². The number of ketones is 1. The van der Waals surface area contributed by atoms with Crippen molar-refractivity contribution in [2.24, 2.45) is 11.8 Å². The number of hydrogen-bond acceptors (Lipinski definition) is 4. The Morgan fingerprint density at radius 1 is 1.03 bits per heavy atom. The van der Waals surface area contributed by atoms with Crippen LogP contribution < -0.4 is 4.31 Å². The Hall–Kier alpha value is -2.44. The number of anilines is 1. The maximum Gasteiger partial charge on any atom is 0.264 e. The molecule has 0 bridgehead atoms. The minimum absolute atomic E-state index is 0.00205. The van der Waals surface area contributed by atoms with Gasteiger partial charge in [-0.2, -0.15) is 0 Å². The van der Waals surface area contributed by atoms with Crippen LogP contribution in [0.5, 0.6) is 0 Å². The van der Waals surface area contributed by atoms with Crippen molar-refractivity contribution in [2.75, 3.05) is 11.4 Å². The lowest BCUT2D eigenvalue weighted by Gasteiger charge is -2.44. The van der Waals surface area contributed by atoms with Crippen LogP contribution in [0.4, 0.5) is 5.69 Å². The highest BCUT2D eigenvalue weighted by molar-refractivity contribution is 7.93. The highest BCUT2D eigenvalue weighted by Crippen LogP contribution is 2.53. The van der Waals surface area contributed by atoms with E-state index in [-0.39, 0.29) is 28.6 Å². The molecule has 2 aromatic carbocycles. The zero-order chi connectivity index (χ0) is 20.2. The number of benzene rings is 2. The predicted octanol–water partition coefficient (Wildman–Crippen LogP) is 3.66. The van der Waals surface area contributed by atoms with Crippen LogP contribution in [0.25, 0.3) is 5.57 Å². The number of hydrogen-bond donors (Lipinski definition) is 0. The first-order chi connectivity index (χ1) is 14.0. The summed E-state index contributed by atoms with van der Waals surface area (Å²) in [5.74, 6) is -0.252. The lowest BCUT2D eigenvalue weighted by molar-refractivity contribution is -0.129. The molecule has 3 aliphatic rings. The molecule has 0 radical (unpaired) electrons. The molecule has 0 saturated heterocycles. The summed E-state index contributed by atoms with van der Waals surface area (Å²) in [6.45, 7) is 0. The van der Waals surface area contributed by atoms with E-state index in [0.717, 1.165) is 24.0 Å². The van der Waals surface area contributed by atoms with Crippen LogP contribution in [0.2, 0.25) is 0 Å². The number of carbonyl (C=O) groups excluding carboxylic acids is 1. The molecule has 1 fully saturated rings. The number of methoxy groups -OCH3 is 1. The van der Waals surface area contributed by atoms with E-state index in [2.05, 4.69) is 0 Å². The van der Waals surface area contributed by atoms with E-state index in [1.54, 1.807) is 37.4 Å². The number of rotatable bonds is 3. The van der Waals surface area contributed by atoms with Crippen LogP contribution in [-0.2, 0) is 19.6 Å². The maximum atomic E-state index is 13.7. The first-order valence-corrected chi connectivity index (χ1v) is 11.4. The zero-order valence-corrected chi connectivity index (χ0v) is 17.0. The molecule has 6 heteroatoms. The Bertz CT molecular complexity index is 1090. The second kappa shape index (κ2) is 6.82. The highest BCUT2D eigenvalue weighted by Gasteiger charge is 2.54. The van der Waals surface area contributed by atoms with E-state index >= 15 is 0 Å². The van der Waals surface area contributed by atoms with Crippen LogP contribution in [0.3, 0.4) is 0 Å². The summed E-state index contributed by atoms with van der Waals surface area (Å²) in [5, 5.41) is 0. The van der Waals surface area contributed by atoms with Gasteiger partial charge in [0, 0.05) is 30.9 Å². The molecule has 4 atom stereocenters. The number of nitrogens with zero attached hydrogens (tertiary/aromatic N) is 1. The van der Waals surface area contributed by atoms with Crippen molar-refractivity contribution in [3.63, 3.8) is 0 Å². The second-order valence-corrected chi connectivity index (χ2v) is 9.76. The molecule has 1 heterocycles. The third-order valence-corrected chi connectivity index (χ3v) is 8.31. The molecule has 0 spiro atoms. The summed E-state index contributed by atoms with van der Waals surface area (Å²) >= 11 is 0. The van der Waals surface area contributed by atoms with Crippen molar-refractivity contribution < 1.29 is 17.9 Å². The predicted molar refractivity (Wildman–Crippen MR) is 111 cm³/mol. The van der Waals surface area contributed by atoms with Gasteiger partial charge in [0.05, 0.1) is 22.7 Å². The molecular formula is C23H23NO4S. The van der Waals surface area contributed by atoms with E-state index in [0.29, 0.717) is 12.1 Å². The topological polar surface area (TPSA) is 63.7 Å². The molecule has 1 aliphatic heterocycles. The number of Topliss-reactive ketones (excluding diaryl/α,β-unsaturated/α-hetero) is 1. The average molecular weight is 410 g/mol. The van der Waals surface area contributed by atoms with Crippen LogP contribution >= 0.6 is 0 Å². The van der Waals surface area contributed by atoms with Gasteiger partial charge in [0.2, 0.25) is 0 Å². The fourth-order valence-corrected chi connectivity index (χ4v) is 6.97. The summed E-state index contributed by atoms with van der Waals surface area (Å²) in [4.78, 5) is 13.3. The Morgan fingerprint density at radius 3 is 2.52 bits per heavy atom. The molecule has 0 aromatic heterocycles. The maximum absolute atomic E-state index is 13.7. The molecular weight excluding hydrogens is 386 g/mol. The smallest absolute Gasteiger partial charge is 0.264 e. The molecule has 0 N–H and O–H groups in total. The number of sulfonamides is 1. The molecule has 2 aromatic rings. The standard InChI is InChI=1S/C23H23NO4S/c1-28-21-14-18-16-10-5-6-12-19(16)24(29(26,27)15-8-3-2-4-9-15)23(18)22-17(21)11-7-13-20(22)25/h2-6,8-10,12,14,17,21-23H,7,11,13H2,1H3/t17-,21-,22+,23+/m0/s1. The van der Waals surface area contributed by atoms with Crippen molar-refractivity contribution in [1.29, 1.82) is 0 Å². The fourth-order valence-electron chi connectivity index (χ4n) is 5.28. The summed E-state index contributed by atoms with van der Waals surface area (Å²) in [7, 11) is -2.16. The first-order valence-electron chi connectivity index (χ1n) is 10.00. The van der Waals surface area contributed by atoms with Crippen LogP contribution in [0, 0.1) is 11.8 Å². The summed E-state index contributed by atoms with van der Waals surface area (Å²) in [6, 6.07) is 15.5. The van der Waals surface area contributed by atoms with Crippen molar-refractivity contribution in [2.45, 2.75) is 36.3 Å². The van der Waals surface area contributed by atoms with Crippen molar-refractivity contribution in [3.8, 4) is 0 Å². The number of carbonyl (C=O) groups is 1. The number of fused-ring (bicyclic) bond motifs is 5. The quantitative estimate of drug-likeness (QED) is 0.776. The minimum Gasteiger partial charge on any atom is -0.377 e. The van der Waals surface area contributed by atoms with Gasteiger partial charge >= 0.3 is 0 Å². The number of ether oxygens (including phenoxy) is 1. The molecule has 0 amide bonds. The van der Waals surface area contributed by atoms with Gasteiger partial charge in [-0.05, 0) is 42.7 Å². The van der Waals surface area contributed by atoms with E-state index in [1.807, 2.05) is 30.3 Å². The summed E-state index contributed by atoms with van der Waals surface area (Å²) in [6.07, 6.45) is 4.06. The van der Waals surface area contributed by atoms with Gasteiger partial charge in [-0.15, -0.1) is 0 Å². The highest BCUT2D eigenvalue weighted by atomic mass is 32.2. The Morgan fingerprint density at radius 2 is 1.76 bits per heavy atom. The zero-order valence-electron chi connectivity index (χ0n) is 16.2. The number of para-hydroxylation sites is 1. The monoisotopic (exact) mass is 409 g/mol. The van der Waals surface area contributed by atoms with Gasteiger partial charge in [0.25, 0.3) is 10.0 Å². The summed E-state index contributed by atoms with van der Waals surface area (Å²) < 4.78 is 34.7. The molecule has 1 saturated carbocycles. The van der Waals surface area contributed by atoms with Crippen molar-refractivity contribution >= 4 is 27.1 Å². The molecule has 5 nitrogen and oxygen atoms in total. The Labute approximate surface area is 171 Å². The van der Waals surface area contributed by atoms with Crippen molar-refractivity contribution in [3.05, 3.63) is 66.2 Å². The van der Waals surface area contributed by atoms with Gasteiger partial charge in [0.1, 0.15) is 5.78 Å². The third-order valence-electron chi connectivity index (χ3n) is 6.50. The first kappa shape index (κ1) is 18.6. The minimum atomic E-state index is -3.82. The van der Waals surface area contributed by atoms with E-state index in [1.165, 1.54) is 4.31 Å². The third kappa shape index (κ3) is 2.69. The van der Waals surface area contributed by atoms with E-state index in [9.17, 15) is 13.2 Å². The van der Waals surface area contributed by atoms with E-state index < -0.39 is 16.1 Å². The lowest BCUT2D eigenvalue weighted by atomic mass is 9.66. The average Bonchev–Trinajstić information content (AvgIpc) is 3.08. The van der Waals surface area contributed by atoms with Crippen LogP contribution in [-0.4, -0.2) is 33.5 Å². The van der Waals surface area contributed by atoms with Gasteiger partial charge < -0.3 is 4.74 Å². The Balaban J connectivity index is 1.74.